The number of rotatable bonds is 5. The quantitative estimate of drug-likeness (QED) is 0.899. The van der Waals surface area contributed by atoms with Gasteiger partial charge >= 0.3 is 0 Å². The number of amides is 1. The first kappa shape index (κ1) is 13.9. The Hall–Kier alpha value is -1.55. The predicted molar refractivity (Wildman–Crippen MR) is 80.2 cm³/mol. The van der Waals surface area contributed by atoms with Crippen molar-refractivity contribution in [2.45, 2.75) is 12.8 Å². The SMILES string of the molecule is CN(CCCc1ccccc1)C(=O)c1cc(Br)c[nH]1. The van der Waals surface area contributed by atoms with E-state index in [4.69, 9.17) is 0 Å². The van der Waals surface area contributed by atoms with Crippen LogP contribution in [0.2, 0.25) is 0 Å². The normalized spacial score (nSPS) is 10.4. The number of carbonyl (C=O) groups excluding carboxylic acids is 1. The zero-order valence-electron chi connectivity index (χ0n) is 10.9. The van der Waals surface area contributed by atoms with E-state index in [1.165, 1.54) is 5.56 Å². The van der Waals surface area contributed by atoms with E-state index < -0.39 is 0 Å². The minimum Gasteiger partial charge on any atom is -0.356 e. The summed E-state index contributed by atoms with van der Waals surface area (Å²) in [6.07, 6.45) is 3.73. The van der Waals surface area contributed by atoms with Crippen LogP contribution in [0.15, 0.2) is 47.1 Å². The van der Waals surface area contributed by atoms with Crippen molar-refractivity contribution < 1.29 is 4.79 Å². The average Bonchev–Trinajstić information content (AvgIpc) is 2.85. The lowest BCUT2D eigenvalue weighted by molar-refractivity contribution is 0.0788. The molecule has 1 aromatic carbocycles. The molecule has 19 heavy (non-hydrogen) atoms. The summed E-state index contributed by atoms with van der Waals surface area (Å²) >= 11 is 3.33. The molecule has 0 aliphatic rings. The third-order valence-electron chi connectivity index (χ3n) is 3.03. The molecule has 0 aliphatic heterocycles. The molecular formula is C15H17BrN2O. The largest absolute Gasteiger partial charge is 0.356 e. The molecule has 3 nitrogen and oxygen atoms in total. The molecule has 0 spiro atoms. The fraction of sp³-hybridized carbons (Fsp3) is 0.267. The summed E-state index contributed by atoms with van der Waals surface area (Å²) in [5.41, 5.74) is 1.93. The lowest BCUT2D eigenvalue weighted by Crippen LogP contribution is -2.28. The van der Waals surface area contributed by atoms with Crippen LogP contribution in [-0.4, -0.2) is 29.4 Å². The van der Waals surface area contributed by atoms with Crippen molar-refractivity contribution in [1.82, 2.24) is 9.88 Å². The van der Waals surface area contributed by atoms with E-state index in [0.29, 0.717) is 5.69 Å². The molecule has 1 N–H and O–H groups in total. The topological polar surface area (TPSA) is 36.1 Å². The number of aromatic nitrogens is 1. The number of aryl methyl sites for hydroxylation is 1. The van der Waals surface area contributed by atoms with Gasteiger partial charge in [-0.2, -0.15) is 0 Å². The molecule has 0 saturated heterocycles. The standard InChI is InChI=1S/C15H17BrN2O/c1-18(15(19)14-10-13(16)11-17-14)9-5-8-12-6-3-2-4-7-12/h2-4,6-7,10-11,17H,5,8-9H2,1H3. The number of aromatic amines is 1. The second kappa shape index (κ2) is 6.57. The van der Waals surface area contributed by atoms with Crippen molar-refractivity contribution in [2.75, 3.05) is 13.6 Å². The maximum absolute atomic E-state index is 12.1. The summed E-state index contributed by atoms with van der Waals surface area (Å²) in [5, 5.41) is 0. The highest BCUT2D eigenvalue weighted by Gasteiger charge is 2.12. The van der Waals surface area contributed by atoms with Gasteiger partial charge in [-0.3, -0.25) is 4.79 Å². The Morgan fingerprint density at radius 3 is 2.68 bits per heavy atom. The summed E-state index contributed by atoms with van der Waals surface area (Å²) in [6.45, 7) is 0.754. The highest BCUT2D eigenvalue weighted by atomic mass is 79.9. The summed E-state index contributed by atoms with van der Waals surface area (Å²) in [4.78, 5) is 16.8. The van der Waals surface area contributed by atoms with Crippen LogP contribution in [0.25, 0.3) is 0 Å². The van der Waals surface area contributed by atoms with Gasteiger partial charge in [-0.1, -0.05) is 30.3 Å². The molecule has 4 heteroatoms. The maximum atomic E-state index is 12.1. The van der Waals surface area contributed by atoms with Crippen molar-refractivity contribution >= 4 is 21.8 Å². The number of carbonyl (C=O) groups is 1. The Bertz CT molecular complexity index is 536. The summed E-state index contributed by atoms with van der Waals surface area (Å²) in [7, 11) is 1.84. The van der Waals surface area contributed by atoms with Gasteiger partial charge in [-0.25, -0.2) is 0 Å². The van der Waals surface area contributed by atoms with Crippen molar-refractivity contribution in [2.24, 2.45) is 0 Å². The zero-order valence-corrected chi connectivity index (χ0v) is 12.5. The zero-order chi connectivity index (χ0) is 13.7. The Labute approximate surface area is 121 Å². The summed E-state index contributed by atoms with van der Waals surface area (Å²) in [6, 6.07) is 12.1. The van der Waals surface area contributed by atoms with Gasteiger partial charge < -0.3 is 9.88 Å². The lowest BCUT2D eigenvalue weighted by Gasteiger charge is -2.16. The Morgan fingerprint density at radius 1 is 1.32 bits per heavy atom. The smallest absolute Gasteiger partial charge is 0.270 e. The van der Waals surface area contributed by atoms with Gasteiger partial charge in [0.1, 0.15) is 5.69 Å². The maximum Gasteiger partial charge on any atom is 0.270 e. The van der Waals surface area contributed by atoms with E-state index in [2.05, 4.69) is 33.0 Å². The van der Waals surface area contributed by atoms with E-state index in [0.717, 1.165) is 23.9 Å². The van der Waals surface area contributed by atoms with Crippen LogP contribution in [0.4, 0.5) is 0 Å². The molecule has 0 bridgehead atoms. The van der Waals surface area contributed by atoms with Crippen molar-refractivity contribution in [3.8, 4) is 0 Å². The molecule has 0 radical (unpaired) electrons. The van der Waals surface area contributed by atoms with Crippen LogP contribution in [0.5, 0.6) is 0 Å². The molecular weight excluding hydrogens is 304 g/mol. The number of nitrogens with one attached hydrogen (secondary N) is 1. The molecule has 2 aromatic rings. The fourth-order valence-electron chi connectivity index (χ4n) is 1.96. The minimum absolute atomic E-state index is 0.0266. The van der Waals surface area contributed by atoms with Crippen LogP contribution in [0.1, 0.15) is 22.5 Å². The van der Waals surface area contributed by atoms with Gasteiger partial charge in [0.2, 0.25) is 0 Å². The Morgan fingerprint density at radius 2 is 2.05 bits per heavy atom. The van der Waals surface area contributed by atoms with E-state index in [1.54, 1.807) is 17.2 Å². The lowest BCUT2D eigenvalue weighted by atomic mass is 10.1. The fourth-order valence-corrected chi connectivity index (χ4v) is 2.31. The minimum atomic E-state index is 0.0266. The molecule has 100 valence electrons. The van der Waals surface area contributed by atoms with E-state index in [9.17, 15) is 4.79 Å². The highest BCUT2D eigenvalue weighted by Crippen LogP contribution is 2.12. The molecule has 0 aliphatic carbocycles. The summed E-state index contributed by atoms with van der Waals surface area (Å²) < 4.78 is 0.897. The molecule has 0 saturated carbocycles. The van der Waals surface area contributed by atoms with E-state index in [-0.39, 0.29) is 5.91 Å². The molecule has 1 amide bonds. The first-order valence-corrected chi connectivity index (χ1v) is 7.09. The second-order valence-electron chi connectivity index (χ2n) is 4.55. The van der Waals surface area contributed by atoms with Crippen LogP contribution >= 0.6 is 15.9 Å². The molecule has 0 unspecified atom stereocenters. The van der Waals surface area contributed by atoms with Crippen LogP contribution in [0, 0.1) is 0 Å². The van der Waals surface area contributed by atoms with Gasteiger partial charge in [0.25, 0.3) is 5.91 Å². The first-order chi connectivity index (χ1) is 9.16. The Balaban J connectivity index is 1.81. The van der Waals surface area contributed by atoms with E-state index in [1.807, 2.05) is 25.2 Å². The monoisotopic (exact) mass is 320 g/mol. The first-order valence-electron chi connectivity index (χ1n) is 6.30. The number of benzene rings is 1. The predicted octanol–water partition coefficient (Wildman–Crippen LogP) is 3.48. The van der Waals surface area contributed by atoms with Crippen molar-refractivity contribution in [3.05, 3.63) is 58.3 Å². The van der Waals surface area contributed by atoms with Gasteiger partial charge in [0.15, 0.2) is 0 Å². The number of hydrogen-bond acceptors (Lipinski definition) is 1. The molecule has 0 atom stereocenters. The third kappa shape index (κ3) is 3.96. The number of H-pyrrole nitrogens is 1. The van der Waals surface area contributed by atoms with E-state index >= 15 is 0 Å². The van der Waals surface area contributed by atoms with Crippen molar-refractivity contribution in [1.29, 1.82) is 0 Å². The van der Waals surface area contributed by atoms with Crippen LogP contribution in [-0.2, 0) is 6.42 Å². The van der Waals surface area contributed by atoms with Gasteiger partial charge in [-0.05, 0) is 40.4 Å². The average molecular weight is 321 g/mol. The molecule has 0 fully saturated rings. The Kier molecular flexibility index (Phi) is 4.80. The highest BCUT2D eigenvalue weighted by molar-refractivity contribution is 9.10. The summed E-state index contributed by atoms with van der Waals surface area (Å²) in [5.74, 6) is 0.0266. The molecule has 1 heterocycles. The van der Waals surface area contributed by atoms with Crippen LogP contribution in [0.3, 0.4) is 0 Å². The number of nitrogens with zero attached hydrogens (tertiary/aromatic N) is 1. The van der Waals surface area contributed by atoms with Gasteiger partial charge in [0, 0.05) is 24.3 Å². The van der Waals surface area contributed by atoms with Gasteiger partial charge in [-0.15, -0.1) is 0 Å². The number of hydrogen-bond donors (Lipinski definition) is 1. The molecule has 2 rings (SSSR count). The third-order valence-corrected chi connectivity index (χ3v) is 3.48. The van der Waals surface area contributed by atoms with Crippen molar-refractivity contribution in [3.63, 3.8) is 0 Å². The second-order valence-corrected chi connectivity index (χ2v) is 5.46. The molecule has 1 aromatic heterocycles. The van der Waals surface area contributed by atoms with Crippen LogP contribution < -0.4 is 0 Å². The van der Waals surface area contributed by atoms with Gasteiger partial charge in [0.05, 0.1) is 0 Å². The number of halogens is 1.